The fourth-order valence-electron chi connectivity index (χ4n) is 1.23. The zero-order valence-corrected chi connectivity index (χ0v) is 9.60. The molecule has 0 amide bonds. The number of pyridine rings is 1. The van der Waals surface area contributed by atoms with Gasteiger partial charge in [0.1, 0.15) is 5.69 Å². The Morgan fingerprint density at radius 3 is 2.87 bits per heavy atom. The normalized spacial score (nSPS) is 10.3. The van der Waals surface area contributed by atoms with Crippen LogP contribution >= 0.6 is 22.9 Å². The molecule has 2 aromatic heterocycles. The maximum absolute atomic E-state index is 11.9. The number of thiophene rings is 1. The molecule has 0 aliphatic heterocycles. The minimum atomic E-state index is -0.112. The molecule has 0 unspecified atom stereocenters. The van der Waals surface area contributed by atoms with Crippen LogP contribution in [0.15, 0.2) is 29.8 Å². The average Bonchev–Trinajstić information content (AvgIpc) is 2.63. The highest BCUT2D eigenvalue weighted by Gasteiger charge is 2.15. The van der Waals surface area contributed by atoms with Gasteiger partial charge in [0.15, 0.2) is 0 Å². The van der Waals surface area contributed by atoms with E-state index < -0.39 is 0 Å². The van der Waals surface area contributed by atoms with Gasteiger partial charge >= 0.3 is 0 Å². The van der Waals surface area contributed by atoms with Gasteiger partial charge in [-0.05, 0) is 36.1 Å². The molecule has 15 heavy (non-hydrogen) atoms. The molecule has 0 aromatic carbocycles. The summed E-state index contributed by atoms with van der Waals surface area (Å²) < 4.78 is 0. The highest BCUT2D eigenvalue weighted by Crippen LogP contribution is 2.24. The molecule has 0 aliphatic rings. The molecule has 0 N–H and O–H groups in total. The maximum atomic E-state index is 11.9. The highest BCUT2D eigenvalue weighted by atomic mass is 35.5. The van der Waals surface area contributed by atoms with E-state index in [9.17, 15) is 4.79 Å². The Bertz CT molecular complexity index is 507. The first-order valence-electron chi connectivity index (χ1n) is 4.39. The zero-order valence-electron chi connectivity index (χ0n) is 8.03. The largest absolute Gasteiger partial charge is 0.286 e. The lowest BCUT2D eigenvalue weighted by Gasteiger charge is -1.99. The van der Waals surface area contributed by atoms with Crippen molar-refractivity contribution in [2.24, 2.45) is 0 Å². The average molecular weight is 238 g/mol. The van der Waals surface area contributed by atoms with Gasteiger partial charge in [-0.3, -0.25) is 9.78 Å². The minimum Gasteiger partial charge on any atom is -0.286 e. The molecular weight excluding hydrogens is 230 g/mol. The van der Waals surface area contributed by atoms with Crippen molar-refractivity contribution in [2.75, 3.05) is 0 Å². The van der Waals surface area contributed by atoms with Crippen LogP contribution in [0.25, 0.3) is 0 Å². The number of hydrogen-bond acceptors (Lipinski definition) is 3. The summed E-state index contributed by atoms with van der Waals surface area (Å²) in [5, 5.41) is 2.29. The summed E-state index contributed by atoms with van der Waals surface area (Å²) in [6.45, 7) is 1.93. The molecule has 0 radical (unpaired) electrons. The van der Waals surface area contributed by atoms with Gasteiger partial charge in [0.05, 0.1) is 9.90 Å². The quantitative estimate of drug-likeness (QED) is 0.750. The number of ketones is 1. The lowest BCUT2D eigenvalue weighted by molar-refractivity contribution is 0.103. The first-order valence-corrected chi connectivity index (χ1v) is 5.64. The van der Waals surface area contributed by atoms with Crippen molar-refractivity contribution in [3.05, 3.63) is 50.9 Å². The zero-order chi connectivity index (χ0) is 10.8. The van der Waals surface area contributed by atoms with Gasteiger partial charge in [-0.1, -0.05) is 11.6 Å². The molecule has 0 atom stereocenters. The number of carbonyl (C=O) groups excluding carboxylic acids is 1. The molecule has 2 rings (SSSR count). The third-order valence-corrected chi connectivity index (χ3v) is 3.31. The van der Waals surface area contributed by atoms with E-state index in [0.29, 0.717) is 15.6 Å². The predicted molar refractivity (Wildman–Crippen MR) is 61.7 cm³/mol. The summed E-state index contributed by atoms with van der Waals surface area (Å²) in [6.07, 6.45) is 1.63. The fraction of sp³-hybridized carbons (Fsp3) is 0.0909. The summed E-state index contributed by atoms with van der Waals surface area (Å²) in [5.74, 6) is -0.112. The smallest absolute Gasteiger partial charge is 0.222 e. The second kappa shape index (κ2) is 4.13. The van der Waals surface area contributed by atoms with Crippen LogP contribution in [0.1, 0.15) is 20.9 Å². The van der Waals surface area contributed by atoms with E-state index in [-0.39, 0.29) is 5.78 Å². The molecule has 0 spiro atoms. The predicted octanol–water partition coefficient (Wildman–Crippen LogP) is 3.34. The van der Waals surface area contributed by atoms with Crippen molar-refractivity contribution < 1.29 is 4.79 Å². The monoisotopic (exact) mass is 237 g/mol. The lowest BCUT2D eigenvalue weighted by atomic mass is 10.2. The van der Waals surface area contributed by atoms with Crippen molar-refractivity contribution in [1.82, 2.24) is 4.98 Å². The summed E-state index contributed by atoms with van der Waals surface area (Å²) in [7, 11) is 0. The second-order valence-corrected chi connectivity index (χ2v) is 4.47. The van der Waals surface area contributed by atoms with Crippen LogP contribution in [0.2, 0.25) is 5.02 Å². The SMILES string of the molecule is Cc1ccnc(C(=O)c2sccc2Cl)c1. The molecular formula is C11H8ClNOS. The molecule has 2 heterocycles. The van der Waals surface area contributed by atoms with Gasteiger partial charge in [0.25, 0.3) is 0 Å². The molecule has 76 valence electrons. The standard InChI is InChI=1S/C11H8ClNOS/c1-7-2-4-13-9(6-7)10(14)11-8(12)3-5-15-11/h2-6H,1H3. The molecule has 0 aliphatic carbocycles. The Morgan fingerprint density at radius 2 is 2.27 bits per heavy atom. The second-order valence-electron chi connectivity index (χ2n) is 3.15. The maximum Gasteiger partial charge on any atom is 0.222 e. The first-order chi connectivity index (χ1) is 7.18. The summed E-state index contributed by atoms with van der Waals surface area (Å²) in [4.78, 5) is 16.5. The van der Waals surface area contributed by atoms with Crippen LogP contribution in [-0.4, -0.2) is 10.8 Å². The van der Waals surface area contributed by atoms with E-state index in [4.69, 9.17) is 11.6 Å². The Balaban J connectivity index is 2.41. The van der Waals surface area contributed by atoms with Gasteiger partial charge < -0.3 is 0 Å². The summed E-state index contributed by atoms with van der Waals surface area (Å²) >= 11 is 7.22. The van der Waals surface area contributed by atoms with Crippen LogP contribution in [0, 0.1) is 6.92 Å². The summed E-state index contributed by atoms with van der Waals surface area (Å²) in [6, 6.07) is 5.33. The fourth-order valence-corrected chi connectivity index (χ4v) is 2.32. The van der Waals surface area contributed by atoms with E-state index in [1.807, 2.05) is 13.0 Å². The van der Waals surface area contributed by atoms with Crippen LogP contribution in [-0.2, 0) is 0 Å². The van der Waals surface area contributed by atoms with Gasteiger partial charge in [0.2, 0.25) is 5.78 Å². The van der Waals surface area contributed by atoms with Crippen molar-refractivity contribution in [1.29, 1.82) is 0 Å². The van der Waals surface area contributed by atoms with Crippen LogP contribution in [0.5, 0.6) is 0 Å². The highest BCUT2D eigenvalue weighted by molar-refractivity contribution is 7.13. The van der Waals surface area contributed by atoms with Crippen molar-refractivity contribution in [2.45, 2.75) is 6.92 Å². The van der Waals surface area contributed by atoms with E-state index in [1.165, 1.54) is 11.3 Å². The number of rotatable bonds is 2. The first kappa shape index (κ1) is 10.3. The van der Waals surface area contributed by atoms with Crippen LogP contribution in [0.4, 0.5) is 0 Å². The molecule has 2 nitrogen and oxygen atoms in total. The Morgan fingerprint density at radius 1 is 1.47 bits per heavy atom. The molecule has 0 saturated heterocycles. The molecule has 0 saturated carbocycles. The van der Waals surface area contributed by atoms with Crippen molar-refractivity contribution >= 4 is 28.7 Å². The van der Waals surface area contributed by atoms with Crippen molar-refractivity contribution in [3.63, 3.8) is 0 Å². The number of halogens is 1. The molecule has 4 heteroatoms. The Kier molecular flexibility index (Phi) is 2.84. The van der Waals surface area contributed by atoms with Crippen LogP contribution < -0.4 is 0 Å². The number of aromatic nitrogens is 1. The van der Waals surface area contributed by atoms with E-state index >= 15 is 0 Å². The minimum absolute atomic E-state index is 0.112. The van der Waals surface area contributed by atoms with Crippen LogP contribution in [0.3, 0.4) is 0 Å². The van der Waals surface area contributed by atoms with Gasteiger partial charge in [0, 0.05) is 6.20 Å². The van der Waals surface area contributed by atoms with Crippen molar-refractivity contribution in [3.8, 4) is 0 Å². The Hall–Kier alpha value is -1.19. The lowest BCUT2D eigenvalue weighted by Crippen LogP contribution is -2.02. The van der Waals surface area contributed by atoms with Gasteiger partial charge in [-0.2, -0.15) is 0 Å². The van der Waals surface area contributed by atoms with E-state index in [2.05, 4.69) is 4.98 Å². The molecule has 0 fully saturated rings. The Labute approximate surface area is 96.5 Å². The molecule has 2 aromatic rings. The third-order valence-electron chi connectivity index (χ3n) is 1.97. The number of nitrogens with zero attached hydrogens (tertiary/aromatic N) is 1. The van der Waals surface area contributed by atoms with E-state index in [1.54, 1.807) is 23.7 Å². The number of carbonyl (C=O) groups is 1. The number of hydrogen-bond donors (Lipinski definition) is 0. The third kappa shape index (κ3) is 2.08. The molecule has 0 bridgehead atoms. The van der Waals surface area contributed by atoms with E-state index in [0.717, 1.165) is 5.56 Å². The number of aryl methyl sites for hydroxylation is 1. The van der Waals surface area contributed by atoms with Gasteiger partial charge in [-0.15, -0.1) is 11.3 Å². The summed E-state index contributed by atoms with van der Waals surface area (Å²) in [5.41, 5.74) is 1.46. The topological polar surface area (TPSA) is 30.0 Å². The van der Waals surface area contributed by atoms with Gasteiger partial charge in [-0.25, -0.2) is 0 Å².